The fraction of sp³-hybridized carbons (Fsp3) is 0.533. The Morgan fingerprint density at radius 1 is 1.55 bits per heavy atom. The number of morpholine rings is 1. The third-order valence-corrected chi connectivity index (χ3v) is 3.79. The van der Waals surface area contributed by atoms with Gasteiger partial charge in [0.25, 0.3) is 0 Å². The molecule has 4 nitrogen and oxygen atoms in total. The van der Waals surface area contributed by atoms with E-state index in [4.69, 9.17) is 16.3 Å². The highest BCUT2D eigenvalue weighted by Crippen LogP contribution is 2.11. The summed E-state index contributed by atoms with van der Waals surface area (Å²) in [4.78, 5) is 14.3. The fourth-order valence-corrected chi connectivity index (χ4v) is 2.61. The Morgan fingerprint density at radius 3 is 3.15 bits per heavy atom. The largest absolute Gasteiger partial charge is 0.378 e. The fourth-order valence-electron chi connectivity index (χ4n) is 2.40. The molecule has 0 spiro atoms. The van der Waals surface area contributed by atoms with E-state index in [2.05, 4.69) is 17.1 Å². The van der Waals surface area contributed by atoms with Crippen LogP contribution >= 0.6 is 11.6 Å². The summed E-state index contributed by atoms with van der Waals surface area (Å²) in [5.74, 6) is 0.0496. The van der Waals surface area contributed by atoms with E-state index in [1.54, 1.807) is 0 Å². The van der Waals surface area contributed by atoms with Crippen LogP contribution in [0.5, 0.6) is 0 Å². The topological polar surface area (TPSA) is 41.6 Å². The summed E-state index contributed by atoms with van der Waals surface area (Å²) in [5, 5.41) is 3.71. The standard InChI is InChI=1S/C15H21ClN2O2/c1-2-18-8-9-20-11-14(18)15(19)17-7-6-12-4-3-5-13(16)10-12/h3-5,10,14H,2,6-9,11H2,1H3,(H,17,19). The van der Waals surface area contributed by atoms with Gasteiger partial charge in [-0.3, -0.25) is 9.69 Å². The third kappa shape index (κ3) is 4.20. The van der Waals surface area contributed by atoms with Crippen LogP contribution in [0.3, 0.4) is 0 Å². The molecule has 1 saturated heterocycles. The maximum Gasteiger partial charge on any atom is 0.239 e. The van der Waals surface area contributed by atoms with Gasteiger partial charge in [-0.05, 0) is 30.7 Å². The Kier molecular flexibility index (Phi) is 5.83. The molecule has 1 N–H and O–H groups in total. The van der Waals surface area contributed by atoms with Crippen LogP contribution in [-0.4, -0.2) is 49.7 Å². The summed E-state index contributed by atoms with van der Waals surface area (Å²) in [6.07, 6.45) is 0.784. The molecular formula is C15H21ClN2O2. The first-order valence-corrected chi connectivity index (χ1v) is 7.42. The SMILES string of the molecule is CCN1CCOCC1C(=O)NCCc1cccc(Cl)c1. The molecule has 1 aromatic rings. The molecule has 20 heavy (non-hydrogen) atoms. The number of hydrogen-bond acceptors (Lipinski definition) is 3. The summed E-state index contributed by atoms with van der Waals surface area (Å²) < 4.78 is 5.40. The first-order valence-electron chi connectivity index (χ1n) is 7.04. The van der Waals surface area contributed by atoms with Gasteiger partial charge in [0.1, 0.15) is 6.04 Å². The van der Waals surface area contributed by atoms with Gasteiger partial charge in [0.2, 0.25) is 5.91 Å². The first kappa shape index (κ1) is 15.3. The average Bonchev–Trinajstić information content (AvgIpc) is 2.47. The lowest BCUT2D eigenvalue weighted by Gasteiger charge is -2.33. The maximum absolute atomic E-state index is 12.2. The second kappa shape index (κ2) is 7.62. The Balaban J connectivity index is 1.79. The molecule has 1 heterocycles. The van der Waals surface area contributed by atoms with Crippen LogP contribution in [0.1, 0.15) is 12.5 Å². The Bertz CT molecular complexity index is 453. The second-order valence-corrected chi connectivity index (χ2v) is 5.33. The molecule has 1 aliphatic rings. The van der Waals surface area contributed by atoms with E-state index in [1.165, 1.54) is 0 Å². The first-order chi connectivity index (χ1) is 9.70. The monoisotopic (exact) mass is 296 g/mol. The number of likely N-dealkylation sites (N-methyl/N-ethyl adjacent to an activating group) is 1. The molecule has 0 aliphatic carbocycles. The zero-order valence-electron chi connectivity index (χ0n) is 11.8. The van der Waals surface area contributed by atoms with Crippen LogP contribution in [0.25, 0.3) is 0 Å². The van der Waals surface area contributed by atoms with E-state index in [9.17, 15) is 4.79 Å². The van der Waals surface area contributed by atoms with E-state index in [1.807, 2.05) is 24.3 Å². The highest BCUT2D eigenvalue weighted by Gasteiger charge is 2.27. The van der Waals surface area contributed by atoms with Crippen molar-refractivity contribution in [3.63, 3.8) is 0 Å². The molecule has 0 radical (unpaired) electrons. The zero-order valence-corrected chi connectivity index (χ0v) is 12.5. The van der Waals surface area contributed by atoms with E-state index in [0.29, 0.717) is 19.8 Å². The van der Waals surface area contributed by atoms with Crippen LogP contribution in [-0.2, 0) is 16.0 Å². The van der Waals surface area contributed by atoms with Crippen molar-refractivity contribution in [2.24, 2.45) is 0 Å². The van der Waals surface area contributed by atoms with Crippen LogP contribution in [0, 0.1) is 0 Å². The smallest absolute Gasteiger partial charge is 0.239 e. The number of nitrogens with one attached hydrogen (secondary N) is 1. The molecule has 1 fully saturated rings. The highest BCUT2D eigenvalue weighted by atomic mass is 35.5. The van der Waals surface area contributed by atoms with Gasteiger partial charge in [0.05, 0.1) is 13.2 Å². The number of hydrogen-bond donors (Lipinski definition) is 1. The Labute approximate surface area is 125 Å². The van der Waals surface area contributed by atoms with E-state index < -0.39 is 0 Å². The maximum atomic E-state index is 12.2. The van der Waals surface area contributed by atoms with Crippen LogP contribution in [0.4, 0.5) is 0 Å². The molecule has 1 aromatic carbocycles. The number of carbonyl (C=O) groups excluding carboxylic acids is 1. The summed E-state index contributed by atoms with van der Waals surface area (Å²) in [6.45, 7) is 5.57. The molecule has 1 amide bonds. The minimum atomic E-state index is -0.159. The summed E-state index contributed by atoms with van der Waals surface area (Å²) >= 11 is 5.94. The van der Waals surface area contributed by atoms with Crippen molar-refractivity contribution in [2.75, 3.05) is 32.8 Å². The lowest BCUT2D eigenvalue weighted by molar-refractivity contribution is -0.132. The van der Waals surface area contributed by atoms with Crippen molar-refractivity contribution < 1.29 is 9.53 Å². The van der Waals surface area contributed by atoms with Crippen molar-refractivity contribution in [3.8, 4) is 0 Å². The predicted molar refractivity (Wildman–Crippen MR) is 80.0 cm³/mol. The van der Waals surface area contributed by atoms with Crippen molar-refractivity contribution >= 4 is 17.5 Å². The van der Waals surface area contributed by atoms with Crippen molar-refractivity contribution in [2.45, 2.75) is 19.4 Å². The minimum Gasteiger partial charge on any atom is -0.378 e. The molecule has 5 heteroatoms. The molecule has 2 rings (SSSR count). The van der Waals surface area contributed by atoms with Crippen LogP contribution in [0.15, 0.2) is 24.3 Å². The normalized spacial score (nSPS) is 19.8. The van der Waals surface area contributed by atoms with Crippen molar-refractivity contribution in [1.82, 2.24) is 10.2 Å². The second-order valence-electron chi connectivity index (χ2n) is 4.89. The number of ether oxygens (including phenoxy) is 1. The average molecular weight is 297 g/mol. The molecule has 0 aromatic heterocycles. The number of amides is 1. The number of benzene rings is 1. The molecule has 1 atom stereocenters. The molecule has 110 valence electrons. The van der Waals surface area contributed by atoms with Crippen LogP contribution in [0.2, 0.25) is 5.02 Å². The molecular weight excluding hydrogens is 276 g/mol. The number of halogens is 1. The van der Waals surface area contributed by atoms with Gasteiger partial charge in [0, 0.05) is 18.1 Å². The van der Waals surface area contributed by atoms with Gasteiger partial charge in [-0.2, -0.15) is 0 Å². The van der Waals surface area contributed by atoms with Gasteiger partial charge < -0.3 is 10.1 Å². The number of carbonyl (C=O) groups is 1. The van der Waals surface area contributed by atoms with Gasteiger partial charge in [-0.15, -0.1) is 0 Å². The van der Waals surface area contributed by atoms with Gasteiger partial charge in [-0.1, -0.05) is 30.7 Å². The number of nitrogens with zero attached hydrogens (tertiary/aromatic N) is 1. The van der Waals surface area contributed by atoms with E-state index in [-0.39, 0.29) is 11.9 Å². The minimum absolute atomic E-state index is 0.0496. The van der Waals surface area contributed by atoms with E-state index >= 15 is 0 Å². The van der Waals surface area contributed by atoms with Crippen molar-refractivity contribution in [1.29, 1.82) is 0 Å². The summed E-state index contributed by atoms with van der Waals surface area (Å²) in [6, 6.07) is 7.55. The van der Waals surface area contributed by atoms with Gasteiger partial charge in [-0.25, -0.2) is 0 Å². The molecule has 1 unspecified atom stereocenters. The molecule has 0 saturated carbocycles. The van der Waals surface area contributed by atoms with Gasteiger partial charge >= 0.3 is 0 Å². The lowest BCUT2D eigenvalue weighted by atomic mass is 10.1. The summed E-state index contributed by atoms with van der Waals surface area (Å²) in [7, 11) is 0. The highest BCUT2D eigenvalue weighted by molar-refractivity contribution is 6.30. The lowest BCUT2D eigenvalue weighted by Crippen LogP contribution is -2.53. The number of rotatable bonds is 5. The van der Waals surface area contributed by atoms with E-state index in [0.717, 1.165) is 30.1 Å². The van der Waals surface area contributed by atoms with Crippen LogP contribution < -0.4 is 5.32 Å². The van der Waals surface area contributed by atoms with Gasteiger partial charge in [0.15, 0.2) is 0 Å². The van der Waals surface area contributed by atoms with Crippen molar-refractivity contribution in [3.05, 3.63) is 34.9 Å². The molecule has 0 bridgehead atoms. The predicted octanol–water partition coefficient (Wildman–Crippen LogP) is 1.72. The Morgan fingerprint density at radius 2 is 2.40 bits per heavy atom. The third-order valence-electron chi connectivity index (χ3n) is 3.55. The summed E-state index contributed by atoms with van der Waals surface area (Å²) in [5.41, 5.74) is 1.13. The zero-order chi connectivity index (χ0) is 14.4. The molecule has 1 aliphatic heterocycles. The Hall–Kier alpha value is -1.10. The quantitative estimate of drug-likeness (QED) is 0.899.